The topological polar surface area (TPSA) is 61.3 Å². The Morgan fingerprint density at radius 2 is 2.05 bits per heavy atom. The number of aromatic nitrogens is 1. The smallest absolute Gasteiger partial charge is 0.191 e. The lowest BCUT2D eigenvalue weighted by Gasteiger charge is -2.17. The molecule has 122 valence electrons. The summed E-state index contributed by atoms with van der Waals surface area (Å²) in [5.41, 5.74) is 0. The van der Waals surface area contributed by atoms with Gasteiger partial charge in [0.2, 0.25) is 0 Å². The minimum Gasteiger partial charge on any atom is -0.367 e. The number of nitrogens with zero attached hydrogens (tertiary/aromatic N) is 2. The number of rotatable bonds is 5. The zero-order valence-corrected chi connectivity index (χ0v) is 16.1. The van der Waals surface area contributed by atoms with E-state index in [4.69, 9.17) is 23.2 Å². The summed E-state index contributed by atoms with van der Waals surface area (Å²) in [4.78, 5) is 8.35. The fraction of sp³-hybridized carbons (Fsp3) is 0.429. The Morgan fingerprint density at radius 1 is 1.32 bits per heavy atom. The zero-order chi connectivity index (χ0) is 15.1. The molecule has 3 N–H and O–H groups in total. The Bertz CT molecular complexity index is 528. The molecule has 1 heterocycles. The summed E-state index contributed by atoms with van der Waals surface area (Å²) in [6.07, 6.45) is 8.02. The Labute approximate surface area is 158 Å². The predicted molar refractivity (Wildman–Crippen MR) is 105 cm³/mol. The van der Waals surface area contributed by atoms with Crippen molar-refractivity contribution in [3.63, 3.8) is 0 Å². The van der Waals surface area contributed by atoms with Crippen LogP contribution in [0.2, 0.25) is 10.0 Å². The lowest BCUT2D eigenvalue weighted by Crippen LogP contribution is -2.43. The molecule has 22 heavy (non-hydrogen) atoms. The van der Waals surface area contributed by atoms with Crippen molar-refractivity contribution in [3.8, 4) is 0 Å². The van der Waals surface area contributed by atoms with Crippen LogP contribution in [0.4, 0.5) is 5.82 Å². The number of hydrogen-bond acceptors (Lipinski definition) is 3. The number of nitrogens with one attached hydrogen (secondary N) is 3. The van der Waals surface area contributed by atoms with Crippen molar-refractivity contribution in [1.82, 2.24) is 15.6 Å². The van der Waals surface area contributed by atoms with Gasteiger partial charge in [-0.25, -0.2) is 4.98 Å². The van der Waals surface area contributed by atoms with E-state index in [-0.39, 0.29) is 24.0 Å². The molecule has 0 fully saturated rings. The molecular formula is C14H20Cl2IN5. The first-order valence-electron chi connectivity index (χ1n) is 6.86. The lowest BCUT2D eigenvalue weighted by molar-refractivity contribution is 0.634. The molecule has 0 amide bonds. The number of aliphatic imine (C=N–C) groups is 1. The third-order valence-electron chi connectivity index (χ3n) is 3.09. The van der Waals surface area contributed by atoms with Crippen LogP contribution < -0.4 is 16.0 Å². The summed E-state index contributed by atoms with van der Waals surface area (Å²) < 4.78 is 0. The standard InChI is InChI=1S/C14H19Cl2N5.HI/c1-17-14(21-11-4-2-3-5-11)19-7-6-18-13-12(16)8-10(15)9-20-13;/h2-3,8-9,11H,4-7H2,1H3,(H,18,20)(H2,17,19,21);1H. The van der Waals surface area contributed by atoms with E-state index in [9.17, 15) is 0 Å². The van der Waals surface area contributed by atoms with E-state index in [1.165, 1.54) is 0 Å². The van der Waals surface area contributed by atoms with E-state index < -0.39 is 0 Å². The molecule has 0 atom stereocenters. The first-order chi connectivity index (χ1) is 10.2. The highest BCUT2D eigenvalue weighted by Gasteiger charge is 2.11. The maximum Gasteiger partial charge on any atom is 0.191 e. The fourth-order valence-corrected chi connectivity index (χ4v) is 2.48. The van der Waals surface area contributed by atoms with Crippen molar-refractivity contribution in [1.29, 1.82) is 0 Å². The second-order valence-corrected chi connectivity index (χ2v) is 5.54. The molecule has 2 rings (SSSR count). The maximum absolute atomic E-state index is 6.04. The number of halogens is 3. The molecule has 0 unspecified atom stereocenters. The Morgan fingerprint density at radius 3 is 2.68 bits per heavy atom. The molecule has 1 aromatic heterocycles. The molecular weight excluding hydrogens is 436 g/mol. The summed E-state index contributed by atoms with van der Waals surface area (Å²) in [6.45, 7) is 1.39. The highest BCUT2D eigenvalue weighted by molar-refractivity contribution is 14.0. The Balaban J connectivity index is 0.00000242. The van der Waals surface area contributed by atoms with Crippen molar-refractivity contribution in [3.05, 3.63) is 34.5 Å². The second kappa shape index (κ2) is 10.1. The Kier molecular flexibility index (Phi) is 8.89. The van der Waals surface area contributed by atoms with Crippen LogP contribution in [0.1, 0.15) is 12.8 Å². The van der Waals surface area contributed by atoms with Crippen LogP contribution in [0.3, 0.4) is 0 Å². The first kappa shape index (κ1) is 19.3. The first-order valence-corrected chi connectivity index (χ1v) is 7.61. The minimum absolute atomic E-state index is 0. The summed E-state index contributed by atoms with van der Waals surface area (Å²) in [6, 6.07) is 2.11. The molecule has 1 aliphatic carbocycles. The molecule has 5 nitrogen and oxygen atoms in total. The van der Waals surface area contributed by atoms with Gasteiger partial charge in [0.15, 0.2) is 5.96 Å². The maximum atomic E-state index is 6.04. The van der Waals surface area contributed by atoms with Crippen molar-refractivity contribution < 1.29 is 0 Å². The summed E-state index contributed by atoms with van der Waals surface area (Å²) >= 11 is 11.8. The van der Waals surface area contributed by atoms with Gasteiger partial charge < -0.3 is 16.0 Å². The molecule has 0 bridgehead atoms. The largest absolute Gasteiger partial charge is 0.367 e. The molecule has 1 aromatic rings. The highest BCUT2D eigenvalue weighted by atomic mass is 127. The molecule has 8 heteroatoms. The van der Waals surface area contributed by atoms with E-state index in [2.05, 4.69) is 38.1 Å². The number of anilines is 1. The zero-order valence-electron chi connectivity index (χ0n) is 12.3. The highest BCUT2D eigenvalue weighted by Crippen LogP contribution is 2.21. The van der Waals surface area contributed by atoms with Crippen molar-refractivity contribution >= 4 is 59.0 Å². The van der Waals surface area contributed by atoms with E-state index >= 15 is 0 Å². The van der Waals surface area contributed by atoms with Crippen LogP contribution in [-0.2, 0) is 0 Å². The molecule has 0 aliphatic heterocycles. The number of pyridine rings is 1. The molecule has 1 aliphatic rings. The van der Waals surface area contributed by atoms with Gasteiger partial charge in [-0.15, -0.1) is 24.0 Å². The van der Waals surface area contributed by atoms with E-state index in [0.29, 0.717) is 35.0 Å². The van der Waals surface area contributed by atoms with Crippen molar-refractivity contribution in [2.75, 3.05) is 25.5 Å². The normalized spacial score (nSPS) is 14.6. The van der Waals surface area contributed by atoms with Gasteiger partial charge in [0.25, 0.3) is 0 Å². The summed E-state index contributed by atoms with van der Waals surface area (Å²) in [7, 11) is 1.77. The average molecular weight is 456 g/mol. The van der Waals surface area contributed by atoms with Crippen molar-refractivity contribution in [2.45, 2.75) is 18.9 Å². The minimum atomic E-state index is 0. The summed E-state index contributed by atoms with van der Waals surface area (Å²) in [5.74, 6) is 1.44. The van der Waals surface area contributed by atoms with Crippen LogP contribution in [0, 0.1) is 0 Å². The molecule has 0 saturated heterocycles. The molecule has 0 radical (unpaired) electrons. The van der Waals surface area contributed by atoms with Crippen LogP contribution >= 0.6 is 47.2 Å². The number of guanidine groups is 1. The lowest BCUT2D eigenvalue weighted by atomic mass is 10.2. The van der Waals surface area contributed by atoms with Crippen molar-refractivity contribution in [2.24, 2.45) is 4.99 Å². The predicted octanol–water partition coefficient (Wildman–Crippen LogP) is 3.30. The van der Waals surface area contributed by atoms with Crippen LogP contribution in [-0.4, -0.2) is 37.1 Å². The van der Waals surface area contributed by atoms with E-state index in [1.54, 1.807) is 19.3 Å². The Hall–Kier alpha value is -0.730. The van der Waals surface area contributed by atoms with E-state index in [1.807, 2.05) is 0 Å². The van der Waals surface area contributed by atoms with Gasteiger partial charge in [-0.3, -0.25) is 4.99 Å². The van der Waals surface area contributed by atoms with Crippen LogP contribution in [0.15, 0.2) is 29.4 Å². The van der Waals surface area contributed by atoms with Gasteiger partial charge in [0, 0.05) is 32.4 Å². The summed E-state index contributed by atoms with van der Waals surface area (Å²) in [5, 5.41) is 10.8. The molecule has 0 saturated carbocycles. The fourth-order valence-electron chi connectivity index (χ4n) is 2.03. The third-order valence-corrected chi connectivity index (χ3v) is 3.58. The van der Waals surface area contributed by atoms with Gasteiger partial charge in [-0.2, -0.15) is 0 Å². The molecule has 0 aromatic carbocycles. The third kappa shape index (κ3) is 6.18. The average Bonchev–Trinajstić information content (AvgIpc) is 2.97. The van der Waals surface area contributed by atoms with Crippen LogP contribution in [0.25, 0.3) is 0 Å². The van der Waals surface area contributed by atoms with Gasteiger partial charge >= 0.3 is 0 Å². The SMILES string of the molecule is CN=C(NCCNc1ncc(Cl)cc1Cl)NC1CC=CC1.I. The van der Waals surface area contributed by atoms with Gasteiger partial charge in [0.05, 0.1) is 10.0 Å². The quantitative estimate of drug-likeness (QED) is 0.209. The van der Waals surface area contributed by atoms with Gasteiger partial charge in [-0.1, -0.05) is 35.4 Å². The second-order valence-electron chi connectivity index (χ2n) is 4.69. The number of hydrogen-bond donors (Lipinski definition) is 3. The van der Waals surface area contributed by atoms with Gasteiger partial charge in [-0.05, 0) is 18.9 Å². The monoisotopic (exact) mass is 455 g/mol. The molecule has 0 spiro atoms. The van der Waals surface area contributed by atoms with E-state index in [0.717, 1.165) is 18.8 Å². The van der Waals surface area contributed by atoms with Crippen LogP contribution in [0.5, 0.6) is 0 Å². The van der Waals surface area contributed by atoms with Gasteiger partial charge in [0.1, 0.15) is 5.82 Å².